The predicted octanol–water partition coefficient (Wildman–Crippen LogP) is 3.05. The average molecular weight is 239 g/mol. The van der Waals surface area contributed by atoms with Gasteiger partial charge in [0.05, 0.1) is 6.10 Å². The van der Waals surface area contributed by atoms with Crippen LogP contribution in [0.15, 0.2) is 0 Å². The summed E-state index contributed by atoms with van der Waals surface area (Å²) in [6, 6.07) is 0.648. The molecule has 3 atom stereocenters. The molecule has 17 heavy (non-hydrogen) atoms. The lowest BCUT2D eigenvalue weighted by Gasteiger charge is -2.43. The third-order valence-corrected chi connectivity index (χ3v) is 5.05. The van der Waals surface area contributed by atoms with Gasteiger partial charge in [-0.25, -0.2) is 0 Å². The molecule has 0 aliphatic heterocycles. The summed E-state index contributed by atoms with van der Waals surface area (Å²) in [4.78, 5) is 2.67. The molecule has 2 aliphatic rings. The first-order valence-electron chi connectivity index (χ1n) is 7.66. The van der Waals surface area contributed by atoms with Crippen molar-refractivity contribution in [2.45, 2.75) is 70.9 Å². The Bertz CT molecular complexity index is 227. The second-order valence-electron chi connectivity index (χ2n) is 6.09. The van der Waals surface area contributed by atoms with E-state index in [0.29, 0.717) is 6.04 Å². The summed E-state index contributed by atoms with van der Waals surface area (Å²) in [6.07, 6.45) is 8.80. The third-order valence-electron chi connectivity index (χ3n) is 5.05. The Kier molecular flexibility index (Phi) is 4.87. The van der Waals surface area contributed by atoms with Crippen LogP contribution in [0.5, 0.6) is 0 Å². The number of aliphatic hydroxyl groups is 1. The Hall–Kier alpha value is -0.0800. The molecule has 0 bridgehead atoms. The Labute approximate surface area is 106 Å². The van der Waals surface area contributed by atoms with Crippen LogP contribution in [-0.2, 0) is 0 Å². The van der Waals surface area contributed by atoms with Gasteiger partial charge in [0.2, 0.25) is 0 Å². The van der Waals surface area contributed by atoms with E-state index in [4.69, 9.17) is 0 Å². The molecule has 0 spiro atoms. The van der Waals surface area contributed by atoms with Gasteiger partial charge in [-0.15, -0.1) is 0 Å². The van der Waals surface area contributed by atoms with E-state index in [-0.39, 0.29) is 6.10 Å². The van der Waals surface area contributed by atoms with E-state index in [9.17, 15) is 5.11 Å². The first-order chi connectivity index (χ1) is 8.24. The molecule has 0 aromatic carbocycles. The molecule has 0 aromatic rings. The summed E-state index contributed by atoms with van der Waals surface area (Å²) in [5, 5.41) is 9.92. The minimum absolute atomic E-state index is 0.0433. The van der Waals surface area contributed by atoms with Gasteiger partial charge in [0, 0.05) is 12.6 Å². The van der Waals surface area contributed by atoms with Gasteiger partial charge in [-0.3, -0.25) is 0 Å². The molecule has 2 nitrogen and oxygen atoms in total. The maximum Gasteiger partial charge on any atom is 0.0555 e. The van der Waals surface area contributed by atoms with Crippen LogP contribution in [0.2, 0.25) is 0 Å². The Balaban J connectivity index is 1.93. The molecule has 0 saturated heterocycles. The van der Waals surface area contributed by atoms with Crippen molar-refractivity contribution in [2.75, 3.05) is 13.1 Å². The van der Waals surface area contributed by atoms with Gasteiger partial charge in [-0.1, -0.05) is 26.7 Å². The minimum Gasteiger partial charge on any atom is -0.393 e. The zero-order valence-corrected chi connectivity index (χ0v) is 11.6. The van der Waals surface area contributed by atoms with E-state index in [2.05, 4.69) is 18.7 Å². The number of hydrogen-bond donors (Lipinski definition) is 1. The second-order valence-corrected chi connectivity index (χ2v) is 6.09. The minimum atomic E-state index is -0.0433. The molecule has 0 aromatic heterocycles. The Morgan fingerprint density at radius 3 is 2.41 bits per heavy atom. The molecule has 3 unspecified atom stereocenters. The van der Waals surface area contributed by atoms with Crippen LogP contribution in [-0.4, -0.2) is 35.2 Å². The van der Waals surface area contributed by atoms with Crippen molar-refractivity contribution in [1.29, 1.82) is 0 Å². The Morgan fingerprint density at radius 2 is 1.88 bits per heavy atom. The highest BCUT2D eigenvalue weighted by molar-refractivity contribution is 4.87. The van der Waals surface area contributed by atoms with Crippen LogP contribution in [0.25, 0.3) is 0 Å². The standard InChI is InChI=1S/C15H29NO/c1-3-13-8-9-14(17)10-15(13)16(4-2)11-12-6-5-7-12/h12-15,17H,3-11H2,1-2H3. The fourth-order valence-electron chi connectivity index (χ4n) is 3.62. The number of hydrogen-bond acceptors (Lipinski definition) is 2. The summed E-state index contributed by atoms with van der Waals surface area (Å²) < 4.78 is 0. The highest BCUT2D eigenvalue weighted by Gasteiger charge is 2.33. The van der Waals surface area contributed by atoms with Crippen LogP contribution in [0, 0.1) is 11.8 Å². The fourth-order valence-corrected chi connectivity index (χ4v) is 3.62. The quantitative estimate of drug-likeness (QED) is 0.797. The van der Waals surface area contributed by atoms with Gasteiger partial charge in [0.25, 0.3) is 0 Å². The normalized spacial score (nSPS) is 34.9. The van der Waals surface area contributed by atoms with Crippen LogP contribution >= 0.6 is 0 Å². The summed E-state index contributed by atoms with van der Waals surface area (Å²) in [6.45, 7) is 7.04. The average Bonchev–Trinajstić information content (AvgIpc) is 2.28. The molecule has 2 heteroatoms. The lowest BCUT2D eigenvalue weighted by molar-refractivity contribution is 0.0150. The molecule has 0 heterocycles. The van der Waals surface area contributed by atoms with Gasteiger partial charge < -0.3 is 10.0 Å². The first-order valence-corrected chi connectivity index (χ1v) is 7.66. The zero-order valence-electron chi connectivity index (χ0n) is 11.6. The predicted molar refractivity (Wildman–Crippen MR) is 72.0 cm³/mol. The van der Waals surface area contributed by atoms with Gasteiger partial charge in [-0.05, 0) is 50.5 Å². The fraction of sp³-hybridized carbons (Fsp3) is 1.00. The van der Waals surface area contributed by atoms with E-state index in [1.807, 2.05) is 0 Å². The van der Waals surface area contributed by atoms with Crippen molar-refractivity contribution in [3.8, 4) is 0 Å². The van der Waals surface area contributed by atoms with Gasteiger partial charge in [0.1, 0.15) is 0 Å². The maximum atomic E-state index is 9.92. The molecule has 0 radical (unpaired) electrons. The molecule has 2 aliphatic carbocycles. The molecule has 2 fully saturated rings. The molecule has 2 saturated carbocycles. The molecular formula is C15H29NO. The van der Waals surface area contributed by atoms with Crippen LogP contribution in [0.3, 0.4) is 0 Å². The third kappa shape index (κ3) is 3.23. The van der Waals surface area contributed by atoms with E-state index < -0.39 is 0 Å². The van der Waals surface area contributed by atoms with E-state index in [1.165, 1.54) is 38.6 Å². The SMILES string of the molecule is CCC1CCC(O)CC1N(CC)CC1CCC1. The lowest BCUT2D eigenvalue weighted by atomic mass is 9.79. The molecular weight excluding hydrogens is 210 g/mol. The molecule has 1 N–H and O–H groups in total. The largest absolute Gasteiger partial charge is 0.393 e. The van der Waals surface area contributed by atoms with Crippen molar-refractivity contribution < 1.29 is 5.11 Å². The van der Waals surface area contributed by atoms with Crippen molar-refractivity contribution in [3.05, 3.63) is 0 Å². The van der Waals surface area contributed by atoms with Crippen LogP contribution < -0.4 is 0 Å². The summed E-state index contributed by atoms with van der Waals surface area (Å²) >= 11 is 0. The van der Waals surface area contributed by atoms with Crippen molar-refractivity contribution in [1.82, 2.24) is 4.90 Å². The van der Waals surface area contributed by atoms with E-state index >= 15 is 0 Å². The lowest BCUT2D eigenvalue weighted by Crippen LogP contribution is -2.48. The first kappa shape index (κ1) is 13.4. The summed E-state index contributed by atoms with van der Waals surface area (Å²) in [5.74, 6) is 1.77. The zero-order chi connectivity index (χ0) is 12.3. The summed E-state index contributed by atoms with van der Waals surface area (Å²) in [7, 11) is 0. The van der Waals surface area contributed by atoms with Gasteiger partial charge in [-0.2, -0.15) is 0 Å². The molecule has 2 rings (SSSR count). The number of nitrogens with zero attached hydrogens (tertiary/aromatic N) is 1. The monoisotopic (exact) mass is 239 g/mol. The maximum absolute atomic E-state index is 9.92. The highest BCUT2D eigenvalue weighted by Crippen LogP contribution is 2.34. The van der Waals surface area contributed by atoms with Crippen molar-refractivity contribution in [2.24, 2.45) is 11.8 Å². The van der Waals surface area contributed by atoms with Gasteiger partial charge in [0.15, 0.2) is 0 Å². The topological polar surface area (TPSA) is 23.5 Å². The van der Waals surface area contributed by atoms with Crippen molar-refractivity contribution in [3.63, 3.8) is 0 Å². The smallest absolute Gasteiger partial charge is 0.0555 e. The van der Waals surface area contributed by atoms with E-state index in [0.717, 1.165) is 31.2 Å². The van der Waals surface area contributed by atoms with Gasteiger partial charge >= 0.3 is 0 Å². The van der Waals surface area contributed by atoms with Crippen molar-refractivity contribution >= 4 is 0 Å². The number of rotatable bonds is 5. The second kappa shape index (κ2) is 6.19. The van der Waals surface area contributed by atoms with Crippen LogP contribution in [0.1, 0.15) is 58.8 Å². The van der Waals surface area contributed by atoms with Crippen LogP contribution in [0.4, 0.5) is 0 Å². The molecule has 0 amide bonds. The Morgan fingerprint density at radius 1 is 1.12 bits per heavy atom. The van der Waals surface area contributed by atoms with E-state index in [1.54, 1.807) is 0 Å². The summed E-state index contributed by atoms with van der Waals surface area (Å²) in [5.41, 5.74) is 0. The number of aliphatic hydroxyl groups excluding tert-OH is 1. The molecule has 100 valence electrons. The highest BCUT2D eigenvalue weighted by atomic mass is 16.3.